The second-order valence-corrected chi connectivity index (χ2v) is 4.95. The number of amides is 1. The normalized spacial score (nSPS) is 10.1. The van der Waals surface area contributed by atoms with Gasteiger partial charge in [-0.25, -0.2) is 4.98 Å². The fourth-order valence-electron chi connectivity index (χ4n) is 1.59. The van der Waals surface area contributed by atoms with Crippen LogP contribution in [-0.2, 0) is 0 Å². The Hall–Kier alpha value is -2.28. The molecule has 0 spiro atoms. The van der Waals surface area contributed by atoms with Gasteiger partial charge in [0.15, 0.2) is 0 Å². The van der Waals surface area contributed by atoms with Gasteiger partial charge in [-0.2, -0.15) is 0 Å². The number of rotatable bonds is 3. The third-order valence-corrected chi connectivity index (χ3v) is 3.25. The molecule has 1 aromatic heterocycles. The molecule has 0 radical (unpaired) electrons. The van der Waals surface area contributed by atoms with Crippen molar-refractivity contribution in [2.24, 2.45) is 0 Å². The number of nitrogens with zero attached hydrogens (tertiary/aromatic N) is 2. The highest BCUT2D eigenvalue weighted by atomic mass is 79.9. The molecule has 0 unspecified atom stereocenters. The Morgan fingerprint density at radius 1 is 1.35 bits per heavy atom. The molecule has 0 saturated carbocycles. The minimum Gasteiger partial charge on any atom is -0.307 e. The number of anilines is 1. The maximum atomic E-state index is 12.1. The van der Waals surface area contributed by atoms with E-state index >= 15 is 0 Å². The summed E-state index contributed by atoms with van der Waals surface area (Å²) < 4.78 is 0.480. The maximum Gasteiger partial charge on any atom is 0.270 e. The van der Waals surface area contributed by atoms with E-state index in [0.717, 1.165) is 5.56 Å². The molecular formula is C13H10BrN3O3. The second kappa shape index (κ2) is 5.79. The number of aromatic nitrogens is 1. The van der Waals surface area contributed by atoms with E-state index in [1.54, 1.807) is 18.3 Å². The van der Waals surface area contributed by atoms with Crippen LogP contribution >= 0.6 is 15.9 Å². The van der Waals surface area contributed by atoms with Gasteiger partial charge in [-0.1, -0.05) is 0 Å². The molecule has 0 aliphatic carbocycles. The van der Waals surface area contributed by atoms with Crippen LogP contribution in [0.1, 0.15) is 15.9 Å². The number of pyridine rings is 1. The Morgan fingerprint density at radius 3 is 2.75 bits per heavy atom. The topological polar surface area (TPSA) is 85.1 Å². The van der Waals surface area contributed by atoms with Crippen molar-refractivity contribution < 1.29 is 9.72 Å². The third kappa shape index (κ3) is 3.18. The van der Waals surface area contributed by atoms with Crippen molar-refractivity contribution in [3.8, 4) is 0 Å². The summed E-state index contributed by atoms with van der Waals surface area (Å²) in [5, 5.41) is 13.3. The molecule has 1 aromatic carbocycles. The lowest BCUT2D eigenvalue weighted by atomic mass is 10.2. The van der Waals surface area contributed by atoms with Crippen molar-refractivity contribution in [3.05, 3.63) is 62.2 Å². The molecule has 0 fully saturated rings. The quantitative estimate of drug-likeness (QED) is 0.688. The molecule has 6 nitrogen and oxygen atoms in total. The number of nitro groups is 1. The molecule has 1 heterocycles. The number of nitro benzene ring substituents is 1. The number of hydrogen-bond donors (Lipinski definition) is 1. The first-order valence-electron chi connectivity index (χ1n) is 5.65. The number of non-ortho nitro benzene ring substituents is 1. The SMILES string of the molecule is Cc1ccnc(NC(=O)c2cc([N+](=O)[O-])ccc2Br)c1. The Morgan fingerprint density at radius 2 is 2.10 bits per heavy atom. The first-order valence-corrected chi connectivity index (χ1v) is 6.44. The van der Waals surface area contributed by atoms with Crippen LogP contribution in [0.5, 0.6) is 0 Å². The molecule has 0 aliphatic heterocycles. The van der Waals surface area contributed by atoms with E-state index < -0.39 is 10.8 Å². The van der Waals surface area contributed by atoms with Gasteiger partial charge in [0.25, 0.3) is 11.6 Å². The molecule has 0 atom stereocenters. The smallest absolute Gasteiger partial charge is 0.270 e. The van der Waals surface area contributed by atoms with Crippen LogP contribution in [0.4, 0.5) is 11.5 Å². The summed E-state index contributed by atoms with van der Waals surface area (Å²) in [7, 11) is 0. The average Bonchev–Trinajstić information content (AvgIpc) is 2.38. The van der Waals surface area contributed by atoms with Gasteiger partial charge in [-0.3, -0.25) is 14.9 Å². The van der Waals surface area contributed by atoms with Crippen molar-refractivity contribution in [1.29, 1.82) is 0 Å². The molecular weight excluding hydrogens is 326 g/mol. The molecule has 1 N–H and O–H groups in total. The number of benzene rings is 1. The van der Waals surface area contributed by atoms with Crippen LogP contribution in [-0.4, -0.2) is 15.8 Å². The number of hydrogen-bond acceptors (Lipinski definition) is 4. The molecule has 2 rings (SSSR count). The molecule has 2 aromatic rings. The van der Waals surface area contributed by atoms with Gasteiger partial charge in [0.2, 0.25) is 0 Å². The average molecular weight is 336 g/mol. The first-order chi connectivity index (χ1) is 9.47. The van der Waals surface area contributed by atoms with Crippen molar-refractivity contribution in [3.63, 3.8) is 0 Å². The van der Waals surface area contributed by atoms with E-state index in [1.807, 2.05) is 6.92 Å². The standard InChI is InChI=1S/C13H10BrN3O3/c1-8-4-5-15-12(6-8)16-13(18)10-7-9(17(19)20)2-3-11(10)14/h2-7H,1H3,(H,15,16,18). The number of carbonyl (C=O) groups is 1. The van der Waals surface area contributed by atoms with Crippen LogP contribution in [0.15, 0.2) is 41.0 Å². The van der Waals surface area contributed by atoms with Gasteiger partial charge < -0.3 is 5.32 Å². The van der Waals surface area contributed by atoms with Gasteiger partial charge in [-0.15, -0.1) is 0 Å². The zero-order chi connectivity index (χ0) is 14.7. The minimum atomic E-state index is -0.547. The fourth-order valence-corrected chi connectivity index (χ4v) is 2.02. The molecule has 7 heteroatoms. The summed E-state index contributed by atoms with van der Waals surface area (Å²) in [6.45, 7) is 1.88. The Kier molecular flexibility index (Phi) is 4.09. The van der Waals surface area contributed by atoms with Crippen molar-refractivity contribution in [1.82, 2.24) is 4.98 Å². The number of nitrogens with one attached hydrogen (secondary N) is 1. The zero-order valence-corrected chi connectivity index (χ0v) is 12.0. The van der Waals surface area contributed by atoms with E-state index in [2.05, 4.69) is 26.2 Å². The van der Waals surface area contributed by atoms with E-state index in [0.29, 0.717) is 10.3 Å². The Balaban J connectivity index is 2.29. The predicted octanol–water partition coefficient (Wildman–Crippen LogP) is 3.31. The summed E-state index contributed by atoms with van der Waals surface area (Å²) in [4.78, 5) is 26.3. The predicted molar refractivity (Wildman–Crippen MR) is 77.7 cm³/mol. The highest BCUT2D eigenvalue weighted by molar-refractivity contribution is 9.10. The third-order valence-electron chi connectivity index (χ3n) is 2.56. The highest BCUT2D eigenvalue weighted by Gasteiger charge is 2.16. The monoisotopic (exact) mass is 335 g/mol. The van der Waals surface area contributed by atoms with Gasteiger partial charge in [-0.05, 0) is 46.6 Å². The van der Waals surface area contributed by atoms with E-state index in [9.17, 15) is 14.9 Å². The van der Waals surface area contributed by atoms with Gasteiger partial charge in [0.1, 0.15) is 5.82 Å². The first kappa shape index (κ1) is 14.1. The van der Waals surface area contributed by atoms with Gasteiger partial charge in [0.05, 0.1) is 10.5 Å². The summed E-state index contributed by atoms with van der Waals surface area (Å²) in [5.41, 5.74) is 0.992. The van der Waals surface area contributed by atoms with Crippen LogP contribution in [0.3, 0.4) is 0 Å². The van der Waals surface area contributed by atoms with Crippen molar-refractivity contribution in [2.75, 3.05) is 5.32 Å². The molecule has 0 aliphatic rings. The largest absolute Gasteiger partial charge is 0.307 e. The lowest BCUT2D eigenvalue weighted by molar-refractivity contribution is -0.384. The summed E-state index contributed by atoms with van der Waals surface area (Å²) in [6, 6.07) is 7.53. The molecule has 20 heavy (non-hydrogen) atoms. The Bertz CT molecular complexity index is 688. The summed E-state index contributed by atoms with van der Waals surface area (Å²) >= 11 is 3.20. The number of carbonyl (C=O) groups excluding carboxylic acids is 1. The lowest BCUT2D eigenvalue weighted by Gasteiger charge is -2.06. The van der Waals surface area contributed by atoms with Crippen LogP contribution in [0.2, 0.25) is 0 Å². The molecule has 0 saturated heterocycles. The molecule has 1 amide bonds. The number of aryl methyl sites for hydroxylation is 1. The second-order valence-electron chi connectivity index (χ2n) is 4.09. The van der Waals surface area contributed by atoms with E-state index in [1.165, 1.54) is 18.2 Å². The number of halogens is 1. The van der Waals surface area contributed by atoms with Crippen LogP contribution in [0, 0.1) is 17.0 Å². The van der Waals surface area contributed by atoms with E-state index in [4.69, 9.17) is 0 Å². The minimum absolute atomic E-state index is 0.143. The maximum absolute atomic E-state index is 12.1. The lowest BCUT2D eigenvalue weighted by Crippen LogP contribution is -2.14. The van der Waals surface area contributed by atoms with Crippen molar-refractivity contribution >= 4 is 33.3 Å². The molecule has 0 bridgehead atoms. The van der Waals surface area contributed by atoms with Gasteiger partial charge >= 0.3 is 0 Å². The fraction of sp³-hybridized carbons (Fsp3) is 0.0769. The van der Waals surface area contributed by atoms with Crippen molar-refractivity contribution in [2.45, 2.75) is 6.92 Å². The zero-order valence-electron chi connectivity index (χ0n) is 10.5. The Labute approximate surface area is 123 Å². The summed E-state index contributed by atoms with van der Waals surface area (Å²) in [6.07, 6.45) is 1.58. The highest BCUT2D eigenvalue weighted by Crippen LogP contribution is 2.23. The van der Waals surface area contributed by atoms with Crippen LogP contribution in [0.25, 0.3) is 0 Å². The van der Waals surface area contributed by atoms with E-state index in [-0.39, 0.29) is 11.3 Å². The molecule has 102 valence electrons. The van der Waals surface area contributed by atoms with Gasteiger partial charge in [0, 0.05) is 22.8 Å². The summed E-state index contributed by atoms with van der Waals surface area (Å²) in [5.74, 6) is -0.0629. The van der Waals surface area contributed by atoms with Crippen LogP contribution < -0.4 is 5.32 Å².